The minimum absolute atomic E-state index is 0.0411. The lowest BCUT2D eigenvalue weighted by Crippen LogP contribution is -2.34. The van der Waals surface area contributed by atoms with E-state index in [-0.39, 0.29) is 28.1 Å². The van der Waals surface area contributed by atoms with Crippen molar-refractivity contribution in [3.05, 3.63) is 63.5 Å². The summed E-state index contributed by atoms with van der Waals surface area (Å²) in [5.74, 6) is -0.580. The molecular weight excluding hydrogens is 444 g/mol. The van der Waals surface area contributed by atoms with Gasteiger partial charge in [0.05, 0.1) is 22.3 Å². The van der Waals surface area contributed by atoms with Gasteiger partial charge in [0.25, 0.3) is 5.91 Å². The Bertz CT molecular complexity index is 1080. The van der Waals surface area contributed by atoms with Crippen LogP contribution in [-0.2, 0) is 25.8 Å². The maximum absolute atomic E-state index is 13.2. The van der Waals surface area contributed by atoms with Crippen LogP contribution in [0.4, 0.5) is 26.3 Å². The van der Waals surface area contributed by atoms with Crippen LogP contribution in [0, 0.1) is 0 Å². The first kappa shape index (κ1) is 22.9. The van der Waals surface area contributed by atoms with Gasteiger partial charge in [-0.25, -0.2) is 0 Å². The summed E-state index contributed by atoms with van der Waals surface area (Å²) < 4.78 is 80.1. The van der Waals surface area contributed by atoms with Gasteiger partial charge in [-0.2, -0.15) is 31.4 Å². The minimum Gasteiger partial charge on any atom is -0.349 e. The number of nitrogens with one attached hydrogen (secondary N) is 1. The number of carbonyl (C=O) groups excluding carboxylic acids is 1. The van der Waals surface area contributed by atoms with Gasteiger partial charge in [-0.3, -0.25) is 9.48 Å². The fourth-order valence-electron chi connectivity index (χ4n) is 3.22. The van der Waals surface area contributed by atoms with E-state index in [2.05, 4.69) is 10.4 Å². The molecule has 1 N–H and O–H groups in total. The normalized spacial score (nSPS) is 13.3. The zero-order chi connectivity index (χ0) is 23.0. The molecule has 1 amide bonds. The molecule has 0 saturated heterocycles. The van der Waals surface area contributed by atoms with E-state index in [0.717, 1.165) is 22.1 Å². The standard InChI is InChI=1S/C20H17F6N3OS/c1-11(7-12-5-3-4-6-14(12)19(21,22)23)28-18(30)16-8-13(10-31-16)17-15(20(24,25)26)9-27-29(17)2/h3-6,8-11H,7H2,1-2H3,(H,28,30)/t11-/m1/s1. The van der Waals surface area contributed by atoms with E-state index < -0.39 is 35.4 Å². The van der Waals surface area contributed by atoms with Gasteiger partial charge < -0.3 is 5.32 Å². The summed E-state index contributed by atoms with van der Waals surface area (Å²) in [6.45, 7) is 1.56. The van der Waals surface area contributed by atoms with Crippen LogP contribution in [0.1, 0.15) is 33.3 Å². The molecule has 0 aliphatic heterocycles. The molecule has 1 aromatic carbocycles. The Labute approximate surface area is 177 Å². The highest BCUT2D eigenvalue weighted by atomic mass is 32.1. The second-order valence-corrected chi connectivity index (χ2v) is 7.87. The Balaban J connectivity index is 1.76. The van der Waals surface area contributed by atoms with E-state index in [1.807, 2.05) is 0 Å². The fourth-order valence-corrected chi connectivity index (χ4v) is 4.01. The van der Waals surface area contributed by atoms with Crippen LogP contribution >= 0.6 is 11.3 Å². The van der Waals surface area contributed by atoms with Crippen molar-refractivity contribution < 1.29 is 31.1 Å². The molecule has 0 unspecified atom stereocenters. The lowest BCUT2D eigenvalue weighted by atomic mass is 10.0. The predicted octanol–water partition coefficient (Wildman–Crippen LogP) is 5.55. The third-order valence-electron chi connectivity index (χ3n) is 4.57. The zero-order valence-electron chi connectivity index (χ0n) is 16.3. The van der Waals surface area contributed by atoms with Gasteiger partial charge in [-0.1, -0.05) is 18.2 Å². The molecule has 0 radical (unpaired) electrons. The van der Waals surface area contributed by atoms with E-state index in [0.29, 0.717) is 6.20 Å². The topological polar surface area (TPSA) is 46.9 Å². The van der Waals surface area contributed by atoms with Crippen LogP contribution in [0.3, 0.4) is 0 Å². The van der Waals surface area contributed by atoms with Gasteiger partial charge in [-0.15, -0.1) is 11.3 Å². The van der Waals surface area contributed by atoms with Crippen LogP contribution < -0.4 is 5.32 Å². The number of aryl methyl sites for hydroxylation is 1. The average molecular weight is 461 g/mol. The van der Waals surface area contributed by atoms with Gasteiger partial charge in [-0.05, 0) is 31.0 Å². The molecule has 4 nitrogen and oxygen atoms in total. The van der Waals surface area contributed by atoms with Gasteiger partial charge in [0.2, 0.25) is 0 Å². The second kappa shape index (κ2) is 8.37. The summed E-state index contributed by atoms with van der Waals surface area (Å²) >= 11 is 0.939. The van der Waals surface area contributed by atoms with E-state index >= 15 is 0 Å². The Hall–Kier alpha value is -2.82. The number of aromatic nitrogens is 2. The number of thiophene rings is 1. The molecule has 11 heteroatoms. The Morgan fingerprint density at radius 3 is 2.42 bits per heavy atom. The quantitative estimate of drug-likeness (QED) is 0.507. The Morgan fingerprint density at radius 1 is 1.13 bits per heavy atom. The summed E-state index contributed by atoms with van der Waals surface area (Å²) in [4.78, 5) is 12.6. The first-order valence-corrected chi connectivity index (χ1v) is 9.90. The number of rotatable bonds is 5. The van der Waals surface area contributed by atoms with E-state index in [1.54, 1.807) is 6.92 Å². The molecule has 0 saturated carbocycles. The predicted molar refractivity (Wildman–Crippen MR) is 104 cm³/mol. The molecule has 0 fully saturated rings. The third-order valence-corrected chi connectivity index (χ3v) is 5.50. The average Bonchev–Trinajstić information content (AvgIpc) is 3.27. The summed E-state index contributed by atoms with van der Waals surface area (Å²) in [6, 6.07) is 5.76. The van der Waals surface area contributed by atoms with Crippen LogP contribution in [0.15, 0.2) is 41.9 Å². The number of carbonyl (C=O) groups is 1. The van der Waals surface area contributed by atoms with Crippen molar-refractivity contribution in [2.45, 2.75) is 31.7 Å². The smallest absolute Gasteiger partial charge is 0.349 e. The molecule has 0 bridgehead atoms. The summed E-state index contributed by atoms with van der Waals surface area (Å²) in [7, 11) is 1.36. The molecule has 3 aromatic rings. The summed E-state index contributed by atoms with van der Waals surface area (Å²) in [5.41, 5.74) is -1.64. The molecule has 2 aromatic heterocycles. The van der Waals surface area contributed by atoms with Crippen molar-refractivity contribution in [3.8, 4) is 11.3 Å². The number of alkyl halides is 6. The molecule has 1 atom stereocenters. The molecule has 0 aliphatic carbocycles. The number of halogens is 6. The number of benzene rings is 1. The van der Waals surface area contributed by atoms with Gasteiger partial charge in [0.15, 0.2) is 0 Å². The van der Waals surface area contributed by atoms with Gasteiger partial charge in [0, 0.05) is 24.0 Å². The van der Waals surface area contributed by atoms with Crippen molar-refractivity contribution in [3.63, 3.8) is 0 Å². The largest absolute Gasteiger partial charge is 0.420 e. The number of amides is 1. The van der Waals surface area contributed by atoms with E-state index in [9.17, 15) is 31.1 Å². The summed E-state index contributed by atoms with van der Waals surface area (Å²) in [5, 5.41) is 7.65. The molecule has 2 heterocycles. The highest BCUT2D eigenvalue weighted by molar-refractivity contribution is 7.12. The maximum atomic E-state index is 13.2. The second-order valence-electron chi connectivity index (χ2n) is 6.96. The minimum atomic E-state index is -4.60. The van der Waals surface area contributed by atoms with Crippen LogP contribution in [-0.4, -0.2) is 21.7 Å². The molecule has 166 valence electrons. The van der Waals surface area contributed by atoms with Crippen LogP contribution in [0.25, 0.3) is 11.3 Å². The van der Waals surface area contributed by atoms with E-state index in [1.165, 1.54) is 36.7 Å². The third kappa shape index (κ3) is 5.09. The zero-order valence-corrected chi connectivity index (χ0v) is 17.1. The highest BCUT2D eigenvalue weighted by Crippen LogP contribution is 2.38. The summed E-state index contributed by atoms with van der Waals surface area (Å²) in [6.07, 6.45) is -8.46. The first-order chi connectivity index (χ1) is 14.4. The van der Waals surface area contributed by atoms with E-state index in [4.69, 9.17) is 0 Å². The molecular formula is C20H17F6N3OS. The highest BCUT2D eigenvalue weighted by Gasteiger charge is 2.37. The lowest BCUT2D eigenvalue weighted by molar-refractivity contribution is -0.138. The first-order valence-electron chi connectivity index (χ1n) is 9.02. The van der Waals surface area contributed by atoms with Crippen LogP contribution in [0.5, 0.6) is 0 Å². The lowest BCUT2D eigenvalue weighted by Gasteiger charge is -2.17. The Kier molecular flexibility index (Phi) is 6.17. The SMILES string of the molecule is C[C@H](Cc1ccccc1C(F)(F)F)NC(=O)c1cc(-c2c(C(F)(F)F)cnn2C)cs1. The van der Waals surface area contributed by atoms with Crippen molar-refractivity contribution >= 4 is 17.2 Å². The van der Waals surface area contributed by atoms with Gasteiger partial charge in [0.1, 0.15) is 5.56 Å². The molecule has 31 heavy (non-hydrogen) atoms. The fraction of sp³-hybridized carbons (Fsp3) is 0.300. The maximum Gasteiger partial charge on any atom is 0.420 e. The van der Waals surface area contributed by atoms with Crippen molar-refractivity contribution in [2.24, 2.45) is 7.05 Å². The Morgan fingerprint density at radius 2 is 1.77 bits per heavy atom. The van der Waals surface area contributed by atoms with Crippen molar-refractivity contribution in [2.75, 3.05) is 0 Å². The van der Waals surface area contributed by atoms with Crippen molar-refractivity contribution in [1.29, 1.82) is 0 Å². The van der Waals surface area contributed by atoms with Crippen LogP contribution in [0.2, 0.25) is 0 Å². The molecule has 3 rings (SSSR count). The number of hydrogen-bond acceptors (Lipinski definition) is 3. The van der Waals surface area contributed by atoms with Gasteiger partial charge >= 0.3 is 12.4 Å². The monoisotopic (exact) mass is 461 g/mol. The number of hydrogen-bond donors (Lipinski definition) is 1. The van der Waals surface area contributed by atoms with Crippen molar-refractivity contribution in [1.82, 2.24) is 15.1 Å². The molecule has 0 aliphatic rings. The number of nitrogens with zero attached hydrogens (tertiary/aromatic N) is 2. The molecule has 0 spiro atoms.